The minimum atomic E-state index is -0.452. The fourth-order valence-electron chi connectivity index (χ4n) is 2.61. The molecule has 0 atom stereocenters. The highest BCUT2D eigenvalue weighted by molar-refractivity contribution is 7.99. The number of amides is 1. The van der Waals surface area contributed by atoms with E-state index in [1.807, 2.05) is 4.90 Å². The number of carbonyl (C=O) groups excluding carboxylic acids is 1. The van der Waals surface area contributed by atoms with Gasteiger partial charge in [0.2, 0.25) is 5.91 Å². The molecule has 1 aromatic carbocycles. The lowest BCUT2D eigenvalue weighted by molar-refractivity contribution is -0.385. The minimum absolute atomic E-state index is 0.0440. The zero-order chi connectivity index (χ0) is 17.5. The molecule has 0 N–H and O–H groups in total. The topological polar surface area (TPSA) is 75.9 Å². The van der Waals surface area contributed by atoms with Crippen molar-refractivity contribution in [2.75, 3.05) is 46.1 Å². The van der Waals surface area contributed by atoms with E-state index < -0.39 is 4.92 Å². The number of hydrogen-bond donors (Lipinski definition) is 0. The smallest absolute Gasteiger partial charge is 0.311 e. The molecule has 1 fully saturated rings. The second-order valence-corrected chi connectivity index (χ2v) is 6.78. The third-order valence-electron chi connectivity index (χ3n) is 4.01. The summed E-state index contributed by atoms with van der Waals surface area (Å²) in [4.78, 5) is 27.0. The Balaban J connectivity index is 1.86. The van der Waals surface area contributed by atoms with Gasteiger partial charge in [0.15, 0.2) is 5.75 Å². The monoisotopic (exact) mass is 353 g/mol. The molecule has 0 aromatic heterocycles. The lowest BCUT2D eigenvalue weighted by Crippen LogP contribution is -2.35. The highest BCUT2D eigenvalue weighted by atomic mass is 32.2. The Morgan fingerprint density at radius 1 is 1.33 bits per heavy atom. The van der Waals surface area contributed by atoms with E-state index in [9.17, 15) is 14.9 Å². The van der Waals surface area contributed by atoms with Gasteiger partial charge in [-0.25, -0.2) is 0 Å². The van der Waals surface area contributed by atoms with Crippen molar-refractivity contribution in [3.05, 3.63) is 33.9 Å². The summed E-state index contributed by atoms with van der Waals surface area (Å²) in [5, 5.41) is 11.0. The lowest BCUT2D eigenvalue weighted by Gasteiger charge is -2.20. The molecular formula is C16H23N3O4S. The third kappa shape index (κ3) is 5.10. The van der Waals surface area contributed by atoms with Crippen molar-refractivity contribution >= 4 is 23.4 Å². The van der Waals surface area contributed by atoms with Gasteiger partial charge in [0.25, 0.3) is 0 Å². The lowest BCUT2D eigenvalue weighted by atomic mass is 10.2. The zero-order valence-corrected chi connectivity index (χ0v) is 14.9. The van der Waals surface area contributed by atoms with Gasteiger partial charge in [-0.15, -0.1) is 11.8 Å². The van der Waals surface area contributed by atoms with Crippen LogP contribution in [-0.2, 0) is 10.5 Å². The van der Waals surface area contributed by atoms with Crippen molar-refractivity contribution in [1.82, 2.24) is 9.80 Å². The molecule has 1 aromatic rings. The van der Waals surface area contributed by atoms with E-state index in [1.54, 1.807) is 12.1 Å². The van der Waals surface area contributed by atoms with E-state index >= 15 is 0 Å². The quantitative estimate of drug-likeness (QED) is 0.575. The van der Waals surface area contributed by atoms with Crippen LogP contribution in [0.1, 0.15) is 12.0 Å². The first-order valence-corrected chi connectivity index (χ1v) is 9.02. The van der Waals surface area contributed by atoms with Gasteiger partial charge in [0.1, 0.15) is 0 Å². The Morgan fingerprint density at radius 2 is 2.12 bits per heavy atom. The second-order valence-electron chi connectivity index (χ2n) is 5.79. The number of ether oxygens (including phenoxy) is 1. The Hall–Kier alpha value is -1.80. The van der Waals surface area contributed by atoms with Crippen LogP contribution in [0.2, 0.25) is 0 Å². The molecule has 1 saturated heterocycles. The van der Waals surface area contributed by atoms with Gasteiger partial charge < -0.3 is 14.5 Å². The van der Waals surface area contributed by atoms with Crippen molar-refractivity contribution in [3.63, 3.8) is 0 Å². The fraction of sp³-hybridized carbons (Fsp3) is 0.562. The van der Waals surface area contributed by atoms with Crippen LogP contribution in [0.5, 0.6) is 5.75 Å². The summed E-state index contributed by atoms with van der Waals surface area (Å²) in [7, 11) is 3.48. The number of benzene rings is 1. The molecule has 24 heavy (non-hydrogen) atoms. The van der Waals surface area contributed by atoms with Crippen molar-refractivity contribution in [2.45, 2.75) is 12.2 Å². The number of thioether (sulfide) groups is 1. The molecule has 1 amide bonds. The summed E-state index contributed by atoms with van der Waals surface area (Å²) in [6.45, 7) is 3.50. The van der Waals surface area contributed by atoms with E-state index in [-0.39, 0.29) is 17.3 Å². The van der Waals surface area contributed by atoms with Crippen LogP contribution < -0.4 is 4.74 Å². The van der Waals surface area contributed by atoms with E-state index in [0.29, 0.717) is 11.5 Å². The van der Waals surface area contributed by atoms with Gasteiger partial charge in [0.05, 0.1) is 17.8 Å². The molecule has 1 aliphatic rings. The van der Waals surface area contributed by atoms with Gasteiger partial charge in [0, 0.05) is 31.5 Å². The number of carbonyl (C=O) groups is 1. The minimum Gasteiger partial charge on any atom is -0.490 e. The summed E-state index contributed by atoms with van der Waals surface area (Å²) >= 11 is 1.48. The van der Waals surface area contributed by atoms with Crippen LogP contribution >= 0.6 is 11.8 Å². The number of nitro groups is 1. The molecule has 8 heteroatoms. The second kappa shape index (κ2) is 8.89. The Morgan fingerprint density at radius 3 is 2.83 bits per heavy atom. The SMILES string of the molecule is COc1ccc(CSCC(=O)N2CCCN(C)CC2)cc1[N+](=O)[O-]. The maximum absolute atomic E-state index is 12.3. The first-order chi connectivity index (χ1) is 11.5. The molecule has 132 valence electrons. The van der Waals surface area contributed by atoms with E-state index in [0.717, 1.165) is 38.2 Å². The molecule has 2 rings (SSSR count). The molecule has 0 aliphatic carbocycles. The summed E-state index contributed by atoms with van der Waals surface area (Å²) in [6, 6.07) is 4.90. The van der Waals surface area contributed by atoms with Gasteiger partial charge >= 0.3 is 5.69 Å². The van der Waals surface area contributed by atoms with Crippen LogP contribution in [-0.4, -0.2) is 66.7 Å². The summed E-state index contributed by atoms with van der Waals surface area (Å²) in [5.41, 5.74) is 0.772. The Kier molecular flexibility index (Phi) is 6.86. The van der Waals surface area contributed by atoms with Crippen LogP contribution in [0.4, 0.5) is 5.69 Å². The Labute approximate surface area is 146 Å². The highest BCUT2D eigenvalue weighted by Gasteiger charge is 2.18. The Bertz CT molecular complexity index is 597. The predicted octanol–water partition coefficient (Wildman–Crippen LogP) is 2.00. The molecule has 0 spiro atoms. The average Bonchev–Trinajstić information content (AvgIpc) is 2.79. The molecule has 0 radical (unpaired) electrons. The van der Waals surface area contributed by atoms with Gasteiger partial charge in [-0.1, -0.05) is 6.07 Å². The first-order valence-electron chi connectivity index (χ1n) is 7.86. The number of methoxy groups -OCH3 is 1. The molecule has 0 saturated carbocycles. The number of rotatable bonds is 6. The molecule has 1 aliphatic heterocycles. The molecule has 7 nitrogen and oxygen atoms in total. The third-order valence-corrected chi connectivity index (χ3v) is 4.99. The van der Waals surface area contributed by atoms with Crippen LogP contribution in [0.15, 0.2) is 18.2 Å². The molecule has 0 unspecified atom stereocenters. The average molecular weight is 353 g/mol. The number of likely N-dealkylation sites (N-methyl/N-ethyl adjacent to an activating group) is 1. The van der Waals surface area contributed by atoms with E-state index in [2.05, 4.69) is 11.9 Å². The number of nitrogens with zero attached hydrogens (tertiary/aromatic N) is 3. The molecule has 0 bridgehead atoms. The van der Waals surface area contributed by atoms with Gasteiger partial charge in [-0.2, -0.15) is 0 Å². The van der Waals surface area contributed by atoms with Gasteiger partial charge in [-0.05, 0) is 31.6 Å². The standard InChI is InChI=1S/C16H23N3O4S/c1-17-6-3-7-18(9-8-17)16(20)12-24-11-13-4-5-15(23-2)14(10-13)19(21)22/h4-5,10H,3,6-9,11-12H2,1-2H3. The summed E-state index contributed by atoms with van der Waals surface area (Å²) < 4.78 is 4.99. The largest absolute Gasteiger partial charge is 0.490 e. The van der Waals surface area contributed by atoms with Crippen molar-refractivity contribution < 1.29 is 14.5 Å². The highest BCUT2D eigenvalue weighted by Crippen LogP contribution is 2.29. The van der Waals surface area contributed by atoms with Crippen molar-refractivity contribution in [2.24, 2.45) is 0 Å². The first kappa shape index (κ1) is 18.5. The number of hydrogen-bond acceptors (Lipinski definition) is 6. The summed E-state index contributed by atoms with van der Waals surface area (Å²) in [6.07, 6.45) is 0.998. The van der Waals surface area contributed by atoms with Crippen molar-refractivity contribution in [3.8, 4) is 5.75 Å². The van der Waals surface area contributed by atoms with Crippen molar-refractivity contribution in [1.29, 1.82) is 0 Å². The predicted molar refractivity (Wildman–Crippen MR) is 94.5 cm³/mol. The number of nitro benzene ring substituents is 1. The summed E-state index contributed by atoms with van der Waals surface area (Å²) in [5.74, 6) is 1.34. The van der Waals surface area contributed by atoms with Crippen LogP contribution in [0.25, 0.3) is 0 Å². The maximum atomic E-state index is 12.3. The fourth-order valence-corrected chi connectivity index (χ4v) is 3.49. The van der Waals surface area contributed by atoms with Gasteiger partial charge in [-0.3, -0.25) is 14.9 Å². The molecular weight excluding hydrogens is 330 g/mol. The normalized spacial score (nSPS) is 15.8. The zero-order valence-electron chi connectivity index (χ0n) is 14.1. The van der Waals surface area contributed by atoms with E-state index in [4.69, 9.17) is 4.74 Å². The van der Waals surface area contributed by atoms with E-state index in [1.165, 1.54) is 24.9 Å². The maximum Gasteiger partial charge on any atom is 0.311 e. The van der Waals surface area contributed by atoms with Crippen LogP contribution in [0, 0.1) is 10.1 Å². The molecule has 1 heterocycles. The van der Waals surface area contributed by atoms with Crippen LogP contribution in [0.3, 0.4) is 0 Å².